The molecule has 0 heteroatoms. The van der Waals surface area contributed by atoms with Crippen LogP contribution in [0.3, 0.4) is 0 Å². The van der Waals surface area contributed by atoms with Crippen LogP contribution in [-0.4, -0.2) is 0 Å². The molecule has 0 aliphatic rings. The lowest BCUT2D eigenvalue weighted by molar-refractivity contribution is 0.408. The van der Waals surface area contributed by atoms with E-state index in [1.807, 2.05) is 0 Å². The second-order valence-corrected chi connectivity index (χ2v) is 10.7. The monoisotopic (exact) mass is 422 g/mol. The molecule has 0 nitrogen and oxygen atoms in total. The molecule has 30 heavy (non-hydrogen) atoms. The van der Waals surface area contributed by atoms with Crippen molar-refractivity contribution in [1.82, 2.24) is 0 Å². The maximum Gasteiger partial charge on any atom is -0.0443 e. The molecule has 0 aromatic heterocycles. The molecule has 0 rings (SSSR count). The van der Waals surface area contributed by atoms with Crippen molar-refractivity contribution in [3.05, 3.63) is 0 Å². The van der Waals surface area contributed by atoms with Crippen molar-refractivity contribution in [2.45, 2.75) is 182 Å². The maximum atomic E-state index is 2.50. The van der Waals surface area contributed by atoms with Gasteiger partial charge in [-0.3, -0.25) is 0 Å². The Labute approximate surface area is 193 Å². The van der Waals surface area contributed by atoms with Gasteiger partial charge in [0.2, 0.25) is 0 Å². The Kier molecular flexibility index (Phi) is 25.3. The zero-order chi connectivity index (χ0) is 22.1. The van der Waals surface area contributed by atoms with Crippen LogP contribution in [0.4, 0.5) is 0 Å². The third-order valence-electron chi connectivity index (χ3n) is 7.24. The van der Waals surface area contributed by atoms with E-state index in [1.165, 1.54) is 154 Å². The molecule has 0 aliphatic heterocycles. The largest absolute Gasteiger partial charge is 0.0654 e. The third kappa shape index (κ3) is 24.3. The van der Waals surface area contributed by atoms with E-state index in [0.717, 1.165) is 11.8 Å². The van der Waals surface area contributed by atoms with E-state index in [-0.39, 0.29) is 0 Å². The molecule has 0 aromatic rings. The Morgan fingerprint density at radius 2 is 0.500 bits per heavy atom. The SMILES string of the molecule is CCCCCCCCCCCCCCCC(C)CCCCCC(C)CCCCCC. The molecular weight excluding hydrogens is 360 g/mol. The first-order valence-corrected chi connectivity index (χ1v) is 14.7. The lowest BCUT2D eigenvalue weighted by atomic mass is 9.93. The summed E-state index contributed by atoms with van der Waals surface area (Å²) in [4.78, 5) is 0. The lowest BCUT2D eigenvalue weighted by Crippen LogP contribution is -1.97. The van der Waals surface area contributed by atoms with Crippen LogP contribution < -0.4 is 0 Å². The van der Waals surface area contributed by atoms with E-state index in [9.17, 15) is 0 Å². The fourth-order valence-electron chi connectivity index (χ4n) is 4.88. The van der Waals surface area contributed by atoms with E-state index in [4.69, 9.17) is 0 Å². The van der Waals surface area contributed by atoms with Crippen molar-refractivity contribution >= 4 is 0 Å². The third-order valence-corrected chi connectivity index (χ3v) is 7.24. The minimum absolute atomic E-state index is 0.962. The molecule has 0 saturated carbocycles. The van der Waals surface area contributed by atoms with Gasteiger partial charge in [-0.1, -0.05) is 182 Å². The van der Waals surface area contributed by atoms with Gasteiger partial charge < -0.3 is 0 Å². The summed E-state index contributed by atoms with van der Waals surface area (Å²) in [5.74, 6) is 1.93. The summed E-state index contributed by atoms with van der Waals surface area (Å²) in [6, 6.07) is 0. The fraction of sp³-hybridized carbons (Fsp3) is 1.00. The second-order valence-electron chi connectivity index (χ2n) is 10.7. The van der Waals surface area contributed by atoms with Crippen molar-refractivity contribution < 1.29 is 0 Å². The first-order valence-electron chi connectivity index (χ1n) is 14.7. The molecule has 0 aliphatic carbocycles. The highest BCUT2D eigenvalue weighted by molar-refractivity contribution is 4.58. The molecular formula is C30H62. The molecule has 182 valence electrons. The first kappa shape index (κ1) is 30.0. The summed E-state index contributed by atoms with van der Waals surface area (Å²) >= 11 is 0. The van der Waals surface area contributed by atoms with Gasteiger partial charge in [-0.15, -0.1) is 0 Å². The molecule has 0 aromatic carbocycles. The molecule has 2 unspecified atom stereocenters. The van der Waals surface area contributed by atoms with Crippen LogP contribution in [0.15, 0.2) is 0 Å². The van der Waals surface area contributed by atoms with Gasteiger partial charge in [-0.2, -0.15) is 0 Å². The number of hydrogen-bond acceptors (Lipinski definition) is 0. The van der Waals surface area contributed by atoms with Gasteiger partial charge in [0.1, 0.15) is 0 Å². The molecule has 2 atom stereocenters. The van der Waals surface area contributed by atoms with Gasteiger partial charge in [0.15, 0.2) is 0 Å². The quantitative estimate of drug-likeness (QED) is 0.128. The molecule has 0 N–H and O–H groups in total. The standard InChI is InChI=1S/C30H62/c1-5-7-9-11-12-13-14-15-16-17-18-19-22-26-30(4)28-24-20-23-27-29(3)25-21-10-8-6-2/h29-30H,5-28H2,1-4H3. The molecule has 0 heterocycles. The topological polar surface area (TPSA) is 0 Å². The highest BCUT2D eigenvalue weighted by atomic mass is 14.1. The number of hydrogen-bond donors (Lipinski definition) is 0. The van der Waals surface area contributed by atoms with E-state index in [1.54, 1.807) is 0 Å². The van der Waals surface area contributed by atoms with Gasteiger partial charge in [0.25, 0.3) is 0 Å². The highest BCUT2D eigenvalue weighted by Gasteiger charge is 2.04. The Morgan fingerprint density at radius 3 is 0.800 bits per heavy atom. The van der Waals surface area contributed by atoms with Gasteiger partial charge in [0.05, 0.1) is 0 Å². The van der Waals surface area contributed by atoms with Gasteiger partial charge >= 0.3 is 0 Å². The highest BCUT2D eigenvalue weighted by Crippen LogP contribution is 2.21. The lowest BCUT2D eigenvalue weighted by Gasteiger charge is -2.13. The average molecular weight is 423 g/mol. The van der Waals surface area contributed by atoms with E-state index >= 15 is 0 Å². The van der Waals surface area contributed by atoms with Crippen molar-refractivity contribution in [3.63, 3.8) is 0 Å². The summed E-state index contributed by atoms with van der Waals surface area (Å²) in [6.45, 7) is 9.59. The maximum absolute atomic E-state index is 2.50. The van der Waals surface area contributed by atoms with Crippen molar-refractivity contribution in [3.8, 4) is 0 Å². The van der Waals surface area contributed by atoms with Crippen LogP contribution in [0.1, 0.15) is 182 Å². The van der Waals surface area contributed by atoms with Gasteiger partial charge in [-0.05, 0) is 11.8 Å². The zero-order valence-electron chi connectivity index (χ0n) is 22.1. The van der Waals surface area contributed by atoms with Crippen LogP contribution in [0.25, 0.3) is 0 Å². The fourth-order valence-corrected chi connectivity index (χ4v) is 4.88. The molecule has 0 bridgehead atoms. The number of rotatable bonds is 25. The normalized spacial score (nSPS) is 13.6. The molecule has 0 spiro atoms. The Balaban J connectivity index is 3.22. The molecule has 0 saturated heterocycles. The van der Waals surface area contributed by atoms with Crippen LogP contribution in [0, 0.1) is 11.8 Å². The molecule has 0 fully saturated rings. The Hall–Kier alpha value is 0. The van der Waals surface area contributed by atoms with Crippen molar-refractivity contribution in [2.75, 3.05) is 0 Å². The second kappa shape index (κ2) is 25.3. The van der Waals surface area contributed by atoms with Crippen LogP contribution in [-0.2, 0) is 0 Å². The zero-order valence-corrected chi connectivity index (χ0v) is 22.1. The Morgan fingerprint density at radius 1 is 0.300 bits per heavy atom. The summed E-state index contributed by atoms with van der Waals surface area (Å²) in [7, 11) is 0. The van der Waals surface area contributed by atoms with Crippen LogP contribution >= 0.6 is 0 Å². The average Bonchev–Trinajstić information content (AvgIpc) is 2.74. The summed E-state index contributed by atoms with van der Waals surface area (Å²) in [6.07, 6.45) is 35.2. The van der Waals surface area contributed by atoms with Crippen LogP contribution in [0.5, 0.6) is 0 Å². The summed E-state index contributed by atoms with van der Waals surface area (Å²) < 4.78 is 0. The minimum atomic E-state index is 0.962. The van der Waals surface area contributed by atoms with E-state index in [2.05, 4.69) is 27.7 Å². The smallest absolute Gasteiger partial charge is 0.0443 e. The first-order chi connectivity index (χ1) is 14.7. The number of unbranched alkanes of at least 4 members (excludes halogenated alkanes) is 17. The van der Waals surface area contributed by atoms with E-state index < -0.39 is 0 Å². The van der Waals surface area contributed by atoms with Crippen molar-refractivity contribution in [1.29, 1.82) is 0 Å². The molecule has 0 amide bonds. The minimum Gasteiger partial charge on any atom is -0.0654 e. The van der Waals surface area contributed by atoms with Crippen molar-refractivity contribution in [2.24, 2.45) is 11.8 Å². The van der Waals surface area contributed by atoms with Crippen LogP contribution in [0.2, 0.25) is 0 Å². The predicted octanol–water partition coefficient (Wildman–Crippen LogP) is 11.7. The molecule has 0 radical (unpaired) electrons. The summed E-state index contributed by atoms with van der Waals surface area (Å²) in [5, 5.41) is 0. The predicted molar refractivity (Wildman–Crippen MR) is 140 cm³/mol. The Bertz CT molecular complexity index is 294. The van der Waals surface area contributed by atoms with Gasteiger partial charge in [-0.25, -0.2) is 0 Å². The van der Waals surface area contributed by atoms with E-state index in [0.29, 0.717) is 0 Å². The summed E-state index contributed by atoms with van der Waals surface area (Å²) in [5.41, 5.74) is 0. The van der Waals surface area contributed by atoms with Gasteiger partial charge in [0, 0.05) is 0 Å².